The monoisotopic (exact) mass is 874 g/mol. The van der Waals surface area contributed by atoms with E-state index in [0.717, 1.165) is 48.1 Å². The molecule has 8 N–H and O–H groups in total. The predicted molar refractivity (Wildman–Crippen MR) is 214 cm³/mol. The molecule has 4 amide bonds. The van der Waals surface area contributed by atoms with Crippen LogP contribution in [0.5, 0.6) is 0 Å². The van der Waals surface area contributed by atoms with Crippen molar-refractivity contribution in [2.75, 3.05) is 45.9 Å². The van der Waals surface area contributed by atoms with E-state index in [1.54, 1.807) is 19.1 Å². The summed E-state index contributed by atoms with van der Waals surface area (Å²) in [6, 6.07) is 14.1. The number of aromatic nitrogens is 2. The number of halogens is 7. The first-order chi connectivity index (χ1) is 28.4. The number of nitrogens with one attached hydrogen (secondary N) is 4. The normalized spacial score (nSPS) is 11.5. The first kappa shape index (κ1) is 45.1. The molecule has 1 aromatic heterocycles. The maximum atomic E-state index is 14.2. The quantitative estimate of drug-likeness (QED) is 0.0469. The van der Waals surface area contributed by atoms with Gasteiger partial charge in [0.2, 0.25) is 0 Å². The van der Waals surface area contributed by atoms with E-state index in [9.17, 15) is 49.9 Å². The second-order valence-electron chi connectivity index (χ2n) is 12.6. The van der Waals surface area contributed by atoms with E-state index in [1.165, 1.54) is 24.3 Å². The summed E-state index contributed by atoms with van der Waals surface area (Å²) in [6.45, 7) is 1.81. The van der Waals surface area contributed by atoms with Gasteiger partial charge in [-0.2, -0.15) is 26.3 Å². The molecular formula is C39H33F7N8O4S2. The highest BCUT2D eigenvalue weighted by atomic mass is 32.2. The SMILES string of the molecule is Cc1cccc(C(=O)Nc2cc(C(F)(F)F)cc(NC(=O)c3cc(C(=O)Nc4cc(C(F)(F)F)cc(NC(=O)c5cccc(F)c5)c4SCCN)ncn3)c2SCCN)c1. The van der Waals surface area contributed by atoms with Gasteiger partial charge in [-0.1, -0.05) is 23.8 Å². The average molecular weight is 875 g/mol. The fraction of sp³-hybridized carbons (Fsp3) is 0.179. The number of carbonyl (C=O) groups is 4. The molecule has 0 spiro atoms. The lowest BCUT2D eigenvalue weighted by molar-refractivity contribution is -0.138. The Morgan fingerprint density at radius 3 is 1.37 bits per heavy atom. The Morgan fingerprint density at radius 1 is 0.583 bits per heavy atom. The van der Waals surface area contributed by atoms with Gasteiger partial charge in [0, 0.05) is 41.8 Å². The second-order valence-corrected chi connectivity index (χ2v) is 14.8. The number of benzene rings is 4. The lowest BCUT2D eigenvalue weighted by Crippen LogP contribution is -2.21. The highest BCUT2D eigenvalue weighted by Crippen LogP contribution is 2.43. The van der Waals surface area contributed by atoms with Gasteiger partial charge >= 0.3 is 12.4 Å². The number of thioether (sulfide) groups is 2. The van der Waals surface area contributed by atoms with Crippen LogP contribution in [0, 0.1) is 12.7 Å². The Kier molecular flexibility index (Phi) is 14.5. The molecule has 60 heavy (non-hydrogen) atoms. The minimum absolute atomic E-state index is 0.0159. The largest absolute Gasteiger partial charge is 0.416 e. The fourth-order valence-electron chi connectivity index (χ4n) is 5.37. The summed E-state index contributed by atoms with van der Waals surface area (Å²) in [4.78, 5) is 60.9. The molecule has 0 unspecified atom stereocenters. The van der Waals surface area contributed by atoms with Crippen LogP contribution in [0.25, 0.3) is 0 Å². The van der Waals surface area contributed by atoms with Crippen molar-refractivity contribution in [1.29, 1.82) is 0 Å². The minimum Gasteiger partial charge on any atom is -0.330 e. The van der Waals surface area contributed by atoms with Gasteiger partial charge in [-0.25, -0.2) is 14.4 Å². The van der Waals surface area contributed by atoms with Gasteiger partial charge in [0.25, 0.3) is 23.6 Å². The van der Waals surface area contributed by atoms with Crippen molar-refractivity contribution in [3.8, 4) is 0 Å². The third kappa shape index (κ3) is 11.6. The standard InChI is InChI=1S/C39H33F7N8O4S2/c1-20-4-2-5-21(12-20)34(55)51-26-14-23(38(41,42)43)16-28(32(26)59-10-8-47)53-36(57)30-18-31(50-19-49-30)37(58)54-29-17-24(39(44,45)46)15-27(33(29)60-11-9-48)52-35(56)22-6-3-7-25(40)13-22/h2-7,12-19H,8-11,47-48H2,1H3,(H,51,55)(H,52,56)(H,53,57)(H,54,58). The third-order valence-corrected chi connectivity index (χ3v) is 10.4. The molecule has 12 nitrogen and oxygen atoms in total. The van der Waals surface area contributed by atoms with Crippen LogP contribution in [0.1, 0.15) is 58.4 Å². The van der Waals surface area contributed by atoms with Crippen molar-refractivity contribution in [1.82, 2.24) is 9.97 Å². The topological polar surface area (TPSA) is 194 Å². The maximum absolute atomic E-state index is 14.2. The summed E-state index contributed by atoms with van der Waals surface area (Å²) in [5.41, 5.74) is 6.84. The zero-order chi connectivity index (χ0) is 43.8. The van der Waals surface area contributed by atoms with Crippen LogP contribution in [-0.2, 0) is 12.4 Å². The summed E-state index contributed by atoms with van der Waals surface area (Å²) >= 11 is 1.83. The number of alkyl halides is 6. The molecule has 314 valence electrons. The van der Waals surface area contributed by atoms with E-state index in [2.05, 4.69) is 31.2 Å². The lowest BCUT2D eigenvalue weighted by atomic mass is 10.1. The average Bonchev–Trinajstić information content (AvgIpc) is 3.19. The zero-order valence-corrected chi connectivity index (χ0v) is 32.7. The van der Waals surface area contributed by atoms with Gasteiger partial charge in [0.1, 0.15) is 23.5 Å². The molecule has 4 aromatic carbocycles. The number of nitrogens with two attached hydrogens (primary N) is 2. The molecule has 0 atom stereocenters. The van der Waals surface area contributed by atoms with E-state index in [-0.39, 0.29) is 51.2 Å². The van der Waals surface area contributed by atoms with E-state index in [1.807, 2.05) is 0 Å². The van der Waals surface area contributed by atoms with Crippen LogP contribution in [-0.4, -0.2) is 58.2 Å². The van der Waals surface area contributed by atoms with Crippen molar-refractivity contribution in [3.05, 3.63) is 130 Å². The number of rotatable bonds is 14. The van der Waals surface area contributed by atoms with E-state index >= 15 is 0 Å². The van der Waals surface area contributed by atoms with Crippen molar-refractivity contribution in [2.24, 2.45) is 11.5 Å². The van der Waals surface area contributed by atoms with Gasteiger partial charge in [-0.3, -0.25) is 19.2 Å². The first-order valence-corrected chi connectivity index (χ1v) is 19.4. The molecule has 0 fully saturated rings. The number of amides is 4. The van der Waals surface area contributed by atoms with Crippen LogP contribution in [0.2, 0.25) is 0 Å². The molecule has 0 aliphatic rings. The second kappa shape index (κ2) is 19.4. The summed E-state index contributed by atoms with van der Waals surface area (Å²) in [5, 5.41) is 9.47. The molecule has 21 heteroatoms. The third-order valence-electron chi connectivity index (χ3n) is 8.05. The highest BCUT2D eigenvalue weighted by molar-refractivity contribution is 7.99. The Hall–Kier alpha value is -6.03. The number of hydrogen-bond acceptors (Lipinski definition) is 10. The predicted octanol–water partition coefficient (Wildman–Crippen LogP) is 8.07. The number of carbonyl (C=O) groups excluding carboxylic acids is 4. The summed E-state index contributed by atoms with van der Waals surface area (Å²) in [5.74, 6) is -4.49. The summed E-state index contributed by atoms with van der Waals surface area (Å²) < 4.78 is 98.8. The van der Waals surface area contributed by atoms with Crippen molar-refractivity contribution in [2.45, 2.75) is 29.1 Å². The first-order valence-electron chi connectivity index (χ1n) is 17.4. The van der Waals surface area contributed by atoms with Gasteiger partial charge < -0.3 is 32.7 Å². The van der Waals surface area contributed by atoms with Gasteiger partial charge in [-0.05, 0) is 61.5 Å². The van der Waals surface area contributed by atoms with Crippen LogP contribution >= 0.6 is 23.5 Å². The maximum Gasteiger partial charge on any atom is 0.416 e. The molecular weight excluding hydrogens is 842 g/mol. The van der Waals surface area contributed by atoms with Crippen molar-refractivity contribution >= 4 is 69.9 Å². The van der Waals surface area contributed by atoms with Crippen molar-refractivity contribution < 1.29 is 49.9 Å². The number of hydrogen-bond donors (Lipinski definition) is 6. The van der Waals surface area contributed by atoms with E-state index < -0.39 is 81.4 Å². The van der Waals surface area contributed by atoms with Crippen LogP contribution in [0.4, 0.5) is 53.5 Å². The molecule has 0 aliphatic carbocycles. The number of nitrogens with zero attached hydrogens (tertiary/aromatic N) is 2. The Labute approximate surface area is 345 Å². The summed E-state index contributed by atoms with van der Waals surface area (Å²) in [6.07, 6.45) is -9.15. The van der Waals surface area contributed by atoms with E-state index in [4.69, 9.17) is 11.5 Å². The summed E-state index contributed by atoms with van der Waals surface area (Å²) in [7, 11) is 0. The van der Waals surface area contributed by atoms with Crippen LogP contribution in [0.3, 0.4) is 0 Å². The molecule has 0 saturated heterocycles. The van der Waals surface area contributed by atoms with Crippen LogP contribution in [0.15, 0.2) is 95.0 Å². The number of anilines is 4. The van der Waals surface area contributed by atoms with E-state index in [0.29, 0.717) is 29.8 Å². The van der Waals surface area contributed by atoms with Gasteiger partial charge in [0.05, 0.1) is 43.7 Å². The van der Waals surface area contributed by atoms with Gasteiger partial charge in [-0.15, -0.1) is 23.5 Å². The molecule has 0 radical (unpaired) electrons. The zero-order valence-electron chi connectivity index (χ0n) is 31.1. The minimum atomic E-state index is -4.98. The molecule has 1 heterocycles. The molecule has 5 aromatic rings. The number of aryl methyl sites for hydroxylation is 1. The fourth-order valence-corrected chi connectivity index (χ4v) is 7.08. The molecule has 0 saturated carbocycles. The lowest BCUT2D eigenvalue weighted by Gasteiger charge is -2.19. The molecule has 5 rings (SSSR count). The van der Waals surface area contributed by atoms with Crippen molar-refractivity contribution in [3.63, 3.8) is 0 Å². The molecule has 0 aliphatic heterocycles. The Bertz CT molecular complexity index is 2270. The van der Waals surface area contributed by atoms with Gasteiger partial charge in [0.15, 0.2) is 0 Å². The Balaban J connectivity index is 1.48. The Morgan fingerprint density at radius 2 is 0.983 bits per heavy atom. The van der Waals surface area contributed by atoms with Crippen LogP contribution < -0.4 is 32.7 Å². The highest BCUT2D eigenvalue weighted by Gasteiger charge is 2.35. The molecule has 0 bridgehead atoms. The smallest absolute Gasteiger partial charge is 0.330 e.